The van der Waals surface area contributed by atoms with Crippen LogP contribution in [-0.4, -0.2) is 22.2 Å². The van der Waals surface area contributed by atoms with Gasteiger partial charge in [-0.15, -0.1) is 0 Å². The molecular weight excluding hydrogens is 314 g/mol. The molecule has 0 radical (unpaired) electrons. The Hall–Kier alpha value is -2.40. The molecule has 2 aromatic heterocycles. The van der Waals surface area contributed by atoms with Crippen molar-refractivity contribution in [2.45, 2.75) is 32.2 Å². The molecule has 0 aliphatic heterocycles. The highest BCUT2D eigenvalue weighted by Crippen LogP contribution is 2.33. The van der Waals surface area contributed by atoms with Crippen LogP contribution in [0.15, 0.2) is 35.3 Å². The molecule has 1 atom stereocenters. The van der Waals surface area contributed by atoms with Gasteiger partial charge in [0.25, 0.3) is 5.56 Å². The summed E-state index contributed by atoms with van der Waals surface area (Å²) in [5, 5.41) is 2.64. The topological polar surface area (TPSA) is 70.1 Å². The van der Waals surface area contributed by atoms with Crippen LogP contribution in [0.3, 0.4) is 0 Å². The van der Waals surface area contributed by atoms with Gasteiger partial charge in [-0.2, -0.15) is 0 Å². The SMILES string of the molecule is Cc1nccc2c1c(=O)n(C)c1cc(OC[C@@H](N)CC3CC3)ccc21. The monoisotopic (exact) mass is 337 g/mol. The Bertz CT molecular complexity index is 1010. The van der Waals surface area contributed by atoms with E-state index < -0.39 is 0 Å². The van der Waals surface area contributed by atoms with Crippen LogP contribution < -0.4 is 16.0 Å². The Morgan fingerprint density at radius 1 is 1.32 bits per heavy atom. The maximum absolute atomic E-state index is 12.7. The minimum Gasteiger partial charge on any atom is -0.492 e. The first-order valence-electron chi connectivity index (χ1n) is 8.81. The molecule has 2 heterocycles. The number of hydrogen-bond acceptors (Lipinski definition) is 4. The van der Waals surface area contributed by atoms with Crippen molar-refractivity contribution >= 4 is 21.7 Å². The van der Waals surface area contributed by atoms with Crippen molar-refractivity contribution in [3.63, 3.8) is 0 Å². The van der Waals surface area contributed by atoms with Crippen molar-refractivity contribution in [3.8, 4) is 5.75 Å². The maximum Gasteiger partial charge on any atom is 0.260 e. The number of ether oxygens (including phenoxy) is 1. The summed E-state index contributed by atoms with van der Waals surface area (Å²) in [5.74, 6) is 1.54. The molecule has 1 saturated carbocycles. The number of pyridine rings is 2. The molecule has 0 saturated heterocycles. The smallest absolute Gasteiger partial charge is 0.260 e. The van der Waals surface area contributed by atoms with E-state index in [1.54, 1.807) is 17.8 Å². The number of fused-ring (bicyclic) bond motifs is 3. The summed E-state index contributed by atoms with van der Waals surface area (Å²) in [6.45, 7) is 2.38. The third-order valence-corrected chi connectivity index (χ3v) is 5.08. The molecule has 1 fully saturated rings. The molecule has 1 aliphatic carbocycles. The van der Waals surface area contributed by atoms with E-state index in [1.807, 2.05) is 31.2 Å². The standard InChI is InChI=1S/C20H23N3O2/c1-12-19-17(7-8-22-12)16-6-5-15(10-18(16)23(2)20(19)24)25-11-14(21)9-13-3-4-13/h5-8,10,13-14H,3-4,9,11,21H2,1-2H3/t14-/m0/s1. The second-order valence-electron chi connectivity index (χ2n) is 7.11. The lowest BCUT2D eigenvalue weighted by atomic mass is 10.1. The lowest BCUT2D eigenvalue weighted by molar-refractivity contribution is 0.278. The van der Waals surface area contributed by atoms with Gasteiger partial charge in [0.15, 0.2) is 0 Å². The number of benzene rings is 1. The summed E-state index contributed by atoms with van der Waals surface area (Å²) in [5.41, 5.74) is 7.71. The van der Waals surface area contributed by atoms with Gasteiger partial charge in [-0.3, -0.25) is 9.78 Å². The van der Waals surface area contributed by atoms with Gasteiger partial charge in [-0.25, -0.2) is 0 Å². The fourth-order valence-electron chi connectivity index (χ4n) is 3.50. The van der Waals surface area contributed by atoms with Crippen LogP contribution in [0.4, 0.5) is 0 Å². The van der Waals surface area contributed by atoms with Crippen LogP contribution in [0.2, 0.25) is 0 Å². The summed E-state index contributed by atoms with van der Waals surface area (Å²) in [4.78, 5) is 17.0. The van der Waals surface area contributed by atoms with Crippen LogP contribution in [0.25, 0.3) is 21.7 Å². The fourth-order valence-corrected chi connectivity index (χ4v) is 3.50. The van der Waals surface area contributed by atoms with Crippen molar-refractivity contribution in [1.82, 2.24) is 9.55 Å². The highest BCUT2D eigenvalue weighted by atomic mass is 16.5. The Morgan fingerprint density at radius 2 is 2.12 bits per heavy atom. The van der Waals surface area contributed by atoms with Crippen LogP contribution in [-0.2, 0) is 7.05 Å². The van der Waals surface area contributed by atoms with E-state index in [-0.39, 0.29) is 11.6 Å². The second-order valence-corrected chi connectivity index (χ2v) is 7.11. The predicted molar refractivity (Wildman–Crippen MR) is 100 cm³/mol. The molecule has 4 rings (SSSR count). The quantitative estimate of drug-likeness (QED) is 0.727. The molecule has 1 aromatic carbocycles. The Balaban J connectivity index is 1.71. The molecule has 0 bridgehead atoms. The Kier molecular flexibility index (Phi) is 3.96. The second kappa shape index (κ2) is 6.15. The largest absolute Gasteiger partial charge is 0.492 e. The van der Waals surface area contributed by atoms with Crippen molar-refractivity contribution in [2.75, 3.05) is 6.61 Å². The third-order valence-electron chi connectivity index (χ3n) is 5.08. The molecule has 0 unspecified atom stereocenters. The molecule has 0 amide bonds. The molecular formula is C20H23N3O2. The summed E-state index contributed by atoms with van der Waals surface area (Å²) in [7, 11) is 1.79. The molecule has 5 heteroatoms. The zero-order chi connectivity index (χ0) is 17.6. The van der Waals surface area contributed by atoms with Gasteiger partial charge in [0.2, 0.25) is 0 Å². The van der Waals surface area contributed by atoms with Crippen LogP contribution in [0.5, 0.6) is 5.75 Å². The number of rotatable bonds is 5. The van der Waals surface area contributed by atoms with E-state index in [0.29, 0.717) is 12.0 Å². The highest BCUT2D eigenvalue weighted by molar-refractivity contribution is 6.06. The van der Waals surface area contributed by atoms with E-state index >= 15 is 0 Å². The third kappa shape index (κ3) is 3.00. The summed E-state index contributed by atoms with van der Waals surface area (Å²) >= 11 is 0. The predicted octanol–water partition coefficient (Wildman–Crippen LogP) is 2.90. The van der Waals surface area contributed by atoms with Crippen LogP contribution in [0.1, 0.15) is 25.0 Å². The molecule has 130 valence electrons. The molecule has 2 N–H and O–H groups in total. The van der Waals surface area contributed by atoms with Gasteiger partial charge in [0.1, 0.15) is 12.4 Å². The normalized spacial score (nSPS) is 15.6. The average molecular weight is 337 g/mol. The lowest BCUT2D eigenvalue weighted by Gasteiger charge is -2.15. The van der Waals surface area contributed by atoms with Gasteiger partial charge in [-0.1, -0.05) is 12.8 Å². The Morgan fingerprint density at radius 3 is 2.88 bits per heavy atom. The number of hydrogen-bond donors (Lipinski definition) is 1. The first-order chi connectivity index (χ1) is 12.0. The van der Waals surface area contributed by atoms with E-state index in [9.17, 15) is 4.79 Å². The average Bonchev–Trinajstić information content (AvgIpc) is 3.41. The zero-order valence-electron chi connectivity index (χ0n) is 14.7. The first-order valence-corrected chi connectivity index (χ1v) is 8.81. The number of aromatic nitrogens is 2. The van der Waals surface area contributed by atoms with Gasteiger partial charge >= 0.3 is 0 Å². The minimum atomic E-state index is -0.0318. The molecule has 1 aliphatic rings. The van der Waals surface area contributed by atoms with E-state index in [2.05, 4.69) is 4.98 Å². The molecule has 0 spiro atoms. The van der Waals surface area contributed by atoms with Gasteiger partial charge in [0, 0.05) is 30.7 Å². The van der Waals surface area contributed by atoms with E-state index in [0.717, 1.165) is 40.1 Å². The summed E-state index contributed by atoms with van der Waals surface area (Å²) in [6, 6.07) is 7.86. The first kappa shape index (κ1) is 16.1. The molecule has 5 nitrogen and oxygen atoms in total. The van der Waals surface area contributed by atoms with E-state index in [1.165, 1.54) is 12.8 Å². The van der Waals surface area contributed by atoms with Gasteiger partial charge < -0.3 is 15.0 Å². The number of nitrogens with zero attached hydrogens (tertiary/aromatic N) is 2. The number of aryl methyl sites for hydroxylation is 2. The van der Waals surface area contributed by atoms with Crippen molar-refractivity contribution in [3.05, 3.63) is 46.5 Å². The maximum atomic E-state index is 12.7. The molecule has 3 aromatic rings. The van der Waals surface area contributed by atoms with Crippen molar-refractivity contribution in [1.29, 1.82) is 0 Å². The zero-order valence-corrected chi connectivity index (χ0v) is 14.7. The highest BCUT2D eigenvalue weighted by Gasteiger charge is 2.24. The number of nitrogens with two attached hydrogens (primary N) is 1. The van der Waals surface area contributed by atoms with Crippen molar-refractivity contribution in [2.24, 2.45) is 18.7 Å². The van der Waals surface area contributed by atoms with Gasteiger partial charge in [0.05, 0.1) is 16.6 Å². The fraction of sp³-hybridized carbons (Fsp3) is 0.400. The van der Waals surface area contributed by atoms with Crippen LogP contribution in [0, 0.1) is 12.8 Å². The van der Waals surface area contributed by atoms with Crippen LogP contribution >= 0.6 is 0 Å². The summed E-state index contributed by atoms with van der Waals surface area (Å²) < 4.78 is 7.55. The van der Waals surface area contributed by atoms with Crippen molar-refractivity contribution < 1.29 is 4.74 Å². The molecule has 25 heavy (non-hydrogen) atoms. The Labute approximate surface area is 146 Å². The van der Waals surface area contributed by atoms with Gasteiger partial charge in [-0.05, 0) is 42.8 Å². The summed E-state index contributed by atoms with van der Waals surface area (Å²) in [6.07, 6.45) is 5.38. The lowest BCUT2D eigenvalue weighted by Crippen LogP contribution is -2.28. The minimum absolute atomic E-state index is 0.0318. The van der Waals surface area contributed by atoms with E-state index in [4.69, 9.17) is 10.5 Å².